The maximum absolute atomic E-state index is 11.7. The van der Waals surface area contributed by atoms with Crippen LogP contribution < -0.4 is 40.0 Å². The van der Waals surface area contributed by atoms with Crippen LogP contribution in [0.25, 0.3) is 0 Å². The number of carbonyl (C=O) groups excluding carboxylic acids is 2. The first-order valence-electron chi connectivity index (χ1n) is 6.11. The van der Waals surface area contributed by atoms with Crippen molar-refractivity contribution in [3.8, 4) is 0 Å². The number of carbonyl (C=O) groups is 2. The first-order valence-corrected chi connectivity index (χ1v) is 6.11. The molecular formula is C13H20NNaO3. The van der Waals surface area contributed by atoms with Crippen LogP contribution >= 0.6 is 0 Å². The van der Waals surface area contributed by atoms with Crippen LogP contribution in [-0.4, -0.2) is 11.9 Å². The predicted octanol–water partition coefficient (Wildman–Crippen LogP) is -2.02. The zero-order valence-electron chi connectivity index (χ0n) is 11.7. The van der Waals surface area contributed by atoms with Crippen LogP contribution in [0.5, 0.6) is 0 Å². The summed E-state index contributed by atoms with van der Waals surface area (Å²) in [4.78, 5) is 22.6. The van der Waals surface area contributed by atoms with Crippen LogP contribution in [0.15, 0.2) is 11.8 Å². The summed E-state index contributed by atoms with van der Waals surface area (Å²) in [6, 6.07) is 0. The number of nitrogens with one attached hydrogen (secondary N) is 1. The Labute approximate surface area is 131 Å². The molecule has 1 unspecified atom stereocenters. The number of hydrogen-bond donors (Lipinski definition) is 1. The second-order valence-electron chi connectivity index (χ2n) is 5.28. The van der Waals surface area contributed by atoms with E-state index >= 15 is 0 Å². The Bertz CT molecular complexity index is 350. The van der Waals surface area contributed by atoms with Gasteiger partial charge in [0.25, 0.3) is 0 Å². The second-order valence-corrected chi connectivity index (χ2v) is 5.28. The average Bonchev–Trinajstić information content (AvgIpc) is 2.86. The van der Waals surface area contributed by atoms with Gasteiger partial charge in [-0.3, -0.25) is 4.79 Å². The van der Waals surface area contributed by atoms with Crippen molar-refractivity contribution >= 4 is 11.9 Å². The third-order valence-electron chi connectivity index (χ3n) is 3.21. The zero-order chi connectivity index (χ0) is 13.1. The van der Waals surface area contributed by atoms with E-state index in [2.05, 4.69) is 5.32 Å². The standard InChI is InChI=1S/C13H21NO3.Na/c1-4-5-6-7-10(12(16)17)14-11(15)9-8-13(9,2)3;/h7,9H,4-6,8H2,1-3H3,(H,14,15)(H,16,17);/q;+1/p-1. The molecule has 0 radical (unpaired) electrons. The van der Waals surface area contributed by atoms with Gasteiger partial charge in [-0.15, -0.1) is 0 Å². The molecule has 0 spiro atoms. The molecule has 0 aromatic rings. The van der Waals surface area contributed by atoms with Crippen LogP contribution in [0.1, 0.15) is 46.5 Å². The number of allylic oxidation sites excluding steroid dienone is 1. The number of carboxylic acids is 1. The summed E-state index contributed by atoms with van der Waals surface area (Å²) in [6.07, 6.45) is 4.89. The van der Waals surface area contributed by atoms with E-state index in [0.29, 0.717) is 6.42 Å². The molecule has 0 aromatic heterocycles. The number of unbranched alkanes of at least 4 members (excludes halogenated alkanes) is 2. The monoisotopic (exact) mass is 261 g/mol. The minimum atomic E-state index is -1.31. The number of carboxylic acid groups (broad SMARTS) is 1. The smallest absolute Gasteiger partial charge is 0.543 e. The normalized spacial score (nSPS) is 20.8. The molecule has 4 nitrogen and oxygen atoms in total. The van der Waals surface area contributed by atoms with Crippen LogP contribution in [0.4, 0.5) is 0 Å². The summed E-state index contributed by atoms with van der Waals surface area (Å²) in [5.74, 6) is -1.59. The summed E-state index contributed by atoms with van der Waals surface area (Å²) >= 11 is 0. The van der Waals surface area contributed by atoms with Gasteiger partial charge >= 0.3 is 29.6 Å². The quantitative estimate of drug-likeness (QED) is 0.341. The van der Waals surface area contributed by atoms with Crippen molar-refractivity contribution in [3.63, 3.8) is 0 Å². The average molecular weight is 261 g/mol. The number of rotatable bonds is 6. The topological polar surface area (TPSA) is 69.2 Å². The molecule has 0 aromatic carbocycles. The Kier molecular flexibility index (Phi) is 7.18. The number of hydrogen-bond acceptors (Lipinski definition) is 3. The van der Waals surface area contributed by atoms with Gasteiger partial charge in [-0.05, 0) is 24.7 Å². The fourth-order valence-corrected chi connectivity index (χ4v) is 1.77. The van der Waals surface area contributed by atoms with Gasteiger partial charge in [0.05, 0.1) is 11.7 Å². The molecule has 1 rings (SSSR count). The van der Waals surface area contributed by atoms with Crippen molar-refractivity contribution in [2.75, 3.05) is 0 Å². The van der Waals surface area contributed by atoms with E-state index in [1.165, 1.54) is 6.08 Å². The Morgan fingerprint density at radius 1 is 1.44 bits per heavy atom. The van der Waals surface area contributed by atoms with Crippen molar-refractivity contribution in [3.05, 3.63) is 11.8 Å². The van der Waals surface area contributed by atoms with Gasteiger partial charge in [-0.25, -0.2) is 0 Å². The third-order valence-corrected chi connectivity index (χ3v) is 3.21. The number of amides is 1. The van der Waals surface area contributed by atoms with E-state index < -0.39 is 5.97 Å². The Balaban J connectivity index is 0.00000289. The van der Waals surface area contributed by atoms with Crippen LogP contribution in [0, 0.1) is 11.3 Å². The van der Waals surface area contributed by atoms with Crippen molar-refractivity contribution in [1.29, 1.82) is 0 Å². The number of aliphatic carboxylic acids is 1. The van der Waals surface area contributed by atoms with Gasteiger partial charge in [0.1, 0.15) is 0 Å². The summed E-state index contributed by atoms with van der Waals surface area (Å²) in [5.41, 5.74) is -0.0870. The minimum absolute atomic E-state index is 0. The van der Waals surface area contributed by atoms with E-state index in [1.807, 2.05) is 20.8 Å². The molecular weight excluding hydrogens is 241 g/mol. The van der Waals surface area contributed by atoms with Gasteiger partial charge < -0.3 is 15.2 Å². The molecule has 18 heavy (non-hydrogen) atoms. The molecule has 1 amide bonds. The summed E-state index contributed by atoms with van der Waals surface area (Å²) in [7, 11) is 0. The van der Waals surface area contributed by atoms with Gasteiger partial charge in [-0.1, -0.05) is 33.3 Å². The molecule has 5 heteroatoms. The second kappa shape index (κ2) is 7.31. The van der Waals surface area contributed by atoms with Gasteiger partial charge in [0, 0.05) is 5.92 Å². The maximum Gasteiger partial charge on any atom is 1.00 e. The fraction of sp³-hybridized carbons (Fsp3) is 0.692. The third kappa shape index (κ3) is 5.12. The molecule has 0 heterocycles. The molecule has 1 atom stereocenters. The molecule has 1 aliphatic carbocycles. The van der Waals surface area contributed by atoms with Gasteiger partial charge in [-0.2, -0.15) is 0 Å². The van der Waals surface area contributed by atoms with Crippen LogP contribution in [-0.2, 0) is 9.59 Å². The molecule has 96 valence electrons. The molecule has 1 aliphatic rings. The largest absolute Gasteiger partial charge is 1.00 e. The van der Waals surface area contributed by atoms with Crippen LogP contribution in [0.3, 0.4) is 0 Å². The van der Waals surface area contributed by atoms with E-state index in [-0.39, 0.29) is 52.5 Å². The van der Waals surface area contributed by atoms with E-state index in [1.54, 1.807) is 0 Å². The molecule has 1 saturated carbocycles. The zero-order valence-corrected chi connectivity index (χ0v) is 13.7. The van der Waals surface area contributed by atoms with Crippen molar-refractivity contribution in [2.24, 2.45) is 11.3 Å². The van der Waals surface area contributed by atoms with E-state index in [0.717, 1.165) is 19.3 Å². The Morgan fingerprint density at radius 2 is 2.00 bits per heavy atom. The van der Waals surface area contributed by atoms with Crippen molar-refractivity contribution in [1.82, 2.24) is 5.32 Å². The predicted molar refractivity (Wildman–Crippen MR) is 62.6 cm³/mol. The van der Waals surface area contributed by atoms with Crippen molar-refractivity contribution < 1.29 is 44.3 Å². The molecule has 0 saturated heterocycles. The molecule has 0 bridgehead atoms. The molecule has 0 aliphatic heterocycles. The molecule has 1 fully saturated rings. The Hall–Kier alpha value is -0.320. The fourth-order valence-electron chi connectivity index (χ4n) is 1.77. The minimum Gasteiger partial charge on any atom is -0.543 e. The molecule has 1 N–H and O–H groups in total. The first-order chi connectivity index (χ1) is 7.88. The van der Waals surface area contributed by atoms with E-state index in [4.69, 9.17) is 0 Å². The maximum atomic E-state index is 11.7. The van der Waals surface area contributed by atoms with Crippen LogP contribution in [0.2, 0.25) is 0 Å². The first kappa shape index (κ1) is 17.7. The Morgan fingerprint density at radius 3 is 2.39 bits per heavy atom. The summed E-state index contributed by atoms with van der Waals surface area (Å²) in [6.45, 7) is 6.02. The summed E-state index contributed by atoms with van der Waals surface area (Å²) in [5, 5.41) is 13.3. The summed E-state index contributed by atoms with van der Waals surface area (Å²) < 4.78 is 0. The van der Waals surface area contributed by atoms with E-state index in [9.17, 15) is 14.7 Å². The van der Waals surface area contributed by atoms with Gasteiger partial charge in [0.15, 0.2) is 0 Å². The van der Waals surface area contributed by atoms with Crippen molar-refractivity contribution in [2.45, 2.75) is 46.5 Å². The van der Waals surface area contributed by atoms with Gasteiger partial charge in [0.2, 0.25) is 5.91 Å². The SMILES string of the molecule is CCCCC=C(NC(=O)C1CC1(C)C)C(=O)[O-].[Na+].